The second-order valence-electron chi connectivity index (χ2n) is 5.80. The van der Waals surface area contributed by atoms with Gasteiger partial charge in [-0.1, -0.05) is 20.8 Å². The van der Waals surface area contributed by atoms with E-state index in [-0.39, 0.29) is 23.5 Å². The Hall–Kier alpha value is -1.91. The molecule has 0 saturated carbocycles. The minimum Gasteiger partial charge on any atom is -0.342 e. The van der Waals surface area contributed by atoms with Gasteiger partial charge in [0.2, 0.25) is 11.8 Å². The number of piperazine rings is 1. The standard InChI is InChI=1S/C16H21FN2O2/c1-5-13-16(21)19(14(9(2)3)15(20)18-13)11-6-7-12(17)10(4)8-11/h6-9,13-14H,5H2,1-4H3,(H,18,20). The first-order valence-corrected chi connectivity index (χ1v) is 7.26. The number of nitrogens with zero attached hydrogens (tertiary/aromatic N) is 1. The SMILES string of the molecule is CCC1NC(=O)C(C(C)C)N(c2ccc(F)c(C)c2)C1=O. The van der Waals surface area contributed by atoms with Gasteiger partial charge in [0, 0.05) is 5.69 Å². The summed E-state index contributed by atoms with van der Waals surface area (Å²) in [6.45, 7) is 7.29. The highest BCUT2D eigenvalue weighted by Crippen LogP contribution is 2.27. The molecule has 2 unspecified atom stereocenters. The molecule has 0 spiro atoms. The summed E-state index contributed by atoms with van der Waals surface area (Å²) >= 11 is 0. The van der Waals surface area contributed by atoms with Crippen molar-refractivity contribution in [2.45, 2.75) is 46.2 Å². The molecule has 114 valence electrons. The van der Waals surface area contributed by atoms with Crippen molar-refractivity contribution in [3.63, 3.8) is 0 Å². The summed E-state index contributed by atoms with van der Waals surface area (Å²) in [6, 6.07) is 3.43. The molecule has 1 fully saturated rings. The molecule has 1 heterocycles. The van der Waals surface area contributed by atoms with E-state index in [1.54, 1.807) is 19.1 Å². The van der Waals surface area contributed by atoms with Crippen LogP contribution in [0.1, 0.15) is 32.8 Å². The van der Waals surface area contributed by atoms with E-state index < -0.39 is 12.1 Å². The highest BCUT2D eigenvalue weighted by molar-refractivity contribution is 6.08. The zero-order valence-electron chi connectivity index (χ0n) is 12.8. The van der Waals surface area contributed by atoms with E-state index >= 15 is 0 Å². The minimum atomic E-state index is -0.565. The van der Waals surface area contributed by atoms with Gasteiger partial charge in [-0.3, -0.25) is 14.5 Å². The predicted molar refractivity (Wildman–Crippen MR) is 79.5 cm³/mol. The van der Waals surface area contributed by atoms with Crippen molar-refractivity contribution >= 4 is 17.5 Å². The zero-order chi connectivity index (χ0) is 15.7. The van der Waals surface area contributed by atoms with Gasteiger partial charge in [-0.2, -0.15) is 0 Å². The number of benzene rings is 1. The number of nitrogens with one attached hydrogen (secondary N) is 1. The third-order valence-corrected chi connectivity index (χ3v) is 3.86. The van der Waals surface area contributed by atoms with Gasteiger partial charge in [-0.05, 0) is 43.0 Å². The number of anilines is 1. The molecule has 1 aromatic rings. The maximum Gasteiger partial charge on any atom is 0.250 e. The Kier molecular flexibility index (Phi) is 4.30. The van der Waals surface area contributed by atoms with E-state index in [4.69, 9.17) is 0 Å². The number of carbonyl (C=O) groups is 2. The third kappa shape index (κ3) is 2.77. The van der Waals surface area contributed by atoms with Crippen molar-refractivity contribution in [1.29, 1.82) is 0 Å². The second kappa shape index (κ2) is 5.84. The molecule has 2 rings (SSSR count). The van der Waals surface area contributed by atoms with Crippen LogP contribution >= 0.6 is 0 Å². The largest absolute Gasteiger partial charge is 0.342 e. The maximum absolute atomic E-state index is 13.5. The van der Waals surface area contributed by atoms with E-state index in [1.165, 1.54) is 11.0 Å². The fourth-order valence-corrected chi connectivity index (χ4v) is 2.69. The Balaban J connectivity index is 2.49. The van der Waals surface area contributed by atoms with Gasteiger partial charge in [0.05, 0.1) is 0 Å². The number of rotatable bonds is 3. The third-order valence-electron chi connectivity index (χ3n) is 3.86. The zero-order valence-corrected chi connectivity index (χ0v) is 12.8. The molecule has 1 aliphatic rings. The Morgan fingerprint density at radius 2 is 2.00 bits per heavy atom. The fraction of sp³-hybridized carbons (Fsp3) is 0.500. The topological polar surface area (TPSA) is 49.4 Å². The van der Waals surface area contributed by atoms with Crippen LogP contribution in [0.2, 0.25) is 0 Å². The molecule has 0 aliphatic carbocycles. The summed E-state index contributed by atoms with van der Waals surface area (Å²) in [4.78, 5) is 26.5. The average molecular weight is 292 g/mol. The van der Waals surface area contributed by atoms with Crippen LogP contribution in [0, 0.1) is 18.7 Å². The van der Waals surface area contributed by atoms with E-state index in [0.29, 0.717) is 17.7 Å². The normalized spacial score (nSPS) is 22.7. The first-order valence-electron chi connectivity index (χ1n) is 7.26. The Labute approximate surface area is 124 Å². The number of carbonyl (C=O) groups excluding carboxylic acids is 2. The summed E-state index contributed by atoms with van der Waals surface area (Å²) in [6.07, 6.45) is 0.534. The van der Waals surface area contributed by atoms with Crippen LogP contribution in [-0.4, -0.2) is 23.9 Å². The van der Waals surface area contributed by atoms with Crippen molar-refractivity contribution in [2.75, 3.05) is 4.90 Å². The van der Waals surface area contributed by atoms with E-state index in [0.717, 1.165) is 0 Å². The van der Waals surface area contributed by atoms with Gasteiger partial charge in [0.15, 0.2) is 0 Å². The highest BCUT2D eigenvalue weighted by atomic mass is 19.1. The molecule has 21 heavy (non-hydrogen) atoms. The quantitative estimate of drug-likeness (QED) is 0.930. The van der Waals surface area contributed by atoms with Crippen LogP contribution < -0.4 is 10.2 Å². The van der Waals surface area contributed by atoms with Gasteiger partial charge in [-0.15, -0.1) is 0 Å². The van der Waals surface area contributed by atoms with Gasteiger partial charge >= 0.3 is 0 Å². The molecule has 0 bridgehead atoms. The van der Waals surface area contributed by atoms with Crippen molar-refractivity contribution in [3.8, 4) is 0 Å². The van der Waals surface area contributed by atoms with Crippen LogP contribution in [-0.2, 0) is 9.59 Å². The van der Waals surface area contributed by atoms with Gasteiger partial charge in [0.1, 0.15) is 17.9 Å². The van der Waals surface area contributed by atoms with E-state index in [1.807, 2.05) is 20.8 Å². The molecule has 0 radical (unpaired) electrons. The Morgan fingerprint density at radius 1 is 1.33 bits per heavy atom. The van der Waals surface area contributed by atoms with Crippen LogP contribution in [0.5, 0.6) is 0 Å². The molecular formula is C16H21FN2O2. The summed E-state index contributed by atoms with van der Waals surface area (Å²) in [5.74, 6) is -0.641. The van der Waals surface area contributed by atoms with Crippen molar-refractivity contribution < 1.29 is 14.0 Å². The number of halogens is 1. The van der Waals surface area contributed by atoms with E-state index in [9.17, 15) is 14.0 Å². The lowest BCUT2D eigenvalue weighted by atomic mass is 9.95. The highest BCUT2D eigenvalue weighted by Gasteiger charge is 2.42. The Bertz CT molecular complexity index is 571. The molecule has 1 N–H and O–H groups in total. The maximum atomic E-state index is 13.5. The van der Waals surface area contributed by atoms with Gasteiger partial charge < -0.3 is 5.32 Å². The fourth-order valence-electron chi connectivity index (χ4n) is 2.69. The minimum absolute atomic E-state index is 0.0304. The lowest BCUT2D eigenvalue weighted by molar-refractivity contribution is -0.134. The summed E-state index contributed by atoms with van der Waals surface area (Å²) in [7, 11) is 0. The summed E-state index contributed by atoms with van der Waals surface area (Å²) in [5.41, 5.74) is 1.03. The second-order valence-corrected chi connectivity index (χ2v) is 5.80. The molecular weight excluding hydrogens is 271 g/mol. The molecule has 2 atom stereocenters. The first-order chi connectivity index (χ1) is 9.86. The Morgan fingerprint density at radius 3 is 2.52 bits per heavy atom. The first kappa shape index (κ1) is 15.5. The average Bonchev–Trinajstić information content (AvgIpc) is 2.43. The molecule has 1 aromatic carbocycles. The number of hydrogen-bond donors (Lipinski definition) is 1. The summed E-state index contributed by atoms with van der Waals surface area (Å²) < 4.78 is 13.5. The van der Waals surface area contributed by atoms with E-state index in [2.05, 4.69) is 5.32 Å². The van der Waals surface area contributed by atoms with Crippen LogP contribution in [0.4, 0.5) is 10.1 Å². The number of amides is 2. The summed E-state index contributed by atoms with van der Waals surface area (Å²) in [5, 5.41) is 2.77. The molecule has 4 nitrogen and oxygen atoms in total. The molecule has 2 amide bonds. The van der Waals surface area contributed by atoms with Crippen molar-refractivity contribution in [3.05, 3.63) is 29.6 Å². The van der Waals surface area contributed by atoms with Gasteiger partial charge in [0.25, 0.3) is 0 Å². The van der Waals surface area contributed by atoms with Crippen LogP contribution in [0.3, 0.4) is 0 Å². The molecule has 1 saturated heterocycles. The van der Waals surface area contributed by atoms with Gasteiger partial charge in [-0.25, -0.2) is 4.39 Å². The van der Waals surface area contributed by atoms with Crippen molar-refractivity contribution in [1.82, 2.24) is 5.32 Å². The van der Waals surface area contributed by atoms with Crippen molar-refractivity contribution in [2.24, 2.45) is 5.92 Å². The molecule has 1 aliphatic heterocycles. The van der Waals surface area contributed by atoms with Crippen LogP contribution in [0.15, 0.2) is 18.2 Å². The smallest absolute Gasteiger partial charge is 0.250 e. The molecule has 5 heteroatoms. The molecule has 0 aromatic heterocycles. The lowest BCUT2D eigenvalue weighted by Crippen LogP contribution is -2.65. The van der Waals surface area contributed by atoms with Crippen LogP contribution in [0.25, 0.3) is 0 Å². The monoisotopic (exact) mass is 292 g/mol. The number of hydrogen-bond acceptors (Lipinski definition) is 2. The number of aryl methyl sites for hydroxylation is 1. The predicted octanol–water partition coefficient (Wildman–Crippen LogP) is 2.40. The lowest BCUT2D eigenvalue weighted by Gasteiger charge is -2.40.